The first-order valence-corrected chi connectivity index (χ1v) is 21.6. The van der Waals surface area contributed by atoms with Crippen LogP contribution in [0.4, 0.5) is 5.69 Å². The molecule has 46 heavy (non-hydrogen) atoms. The number of anilines is 1. The van der Waals surface area contributed by atoms with Gasteiger partial charge in [-0.25, -0.2) is 6.54 Å². The first-order valence-electron chi connectivity index (χ1n) is 16.1. The third kappa shape index (κ3) is 8.72. The maximum atomic E-state index is 6.00. The van der Waals surface area contributed by atoms with Crippen LogP contribution in [-0.2, 0) is 38.4 Å². The maximum Gasteiger partial charge on any atom is 0.0140 e. The second-order valence-electron chi connectivity index (χ2n) is 13.8. The van der Waals surface area contributed by atoms with Gasteiger partial charge in [0.25, 0.3) is 0 Å². The zero-order valence-electron chi connectivity index (χ0n) is 27.9. The average molecular weight is 856 g/mol. The topological polar surface area (TPSA) is 7.68 Å². The number of fused-ring (bicyclic) bond motifs is 2. The summed E-state index contributed by atoms with van der Waals surface area (Å²) in [6.07, 6.45) is 3.65. The Labute approximate surface area is 308 Å². The Morgan fingerprint density at radius 3 is 2.28 bits per heavy atom. The largest absolute Gasteiger partial charge is 1.00 e. The Morgan fingerprint density at radius 1 is 0.891 bits per heavy atom. The maximum absolute atomic E-state index is 6.00. The molecule has 4 aromatic carbocycles. The molecule has 4 aromatic rings. The summed E-state index contributed by atoms with van der Waals surface area (Å²) in [6.45, 7) is 16.3. The molecule has 1 aliphatic heterocycles. The van der Waals surface area contributed by atoms with Crippen molar-refractivity contribution in [1.82, 2.24) is 0 Å². The van der Waals surface area contributed by atoms with Crippen LogP contribution in [0.25, 0.3) is 0 Å². The second-order valence-corrected chi connectivity index (χ2v) is 19.5. The molecule has 2 atom stereocenters. The van der Waals surface area contributed by atoms with Crippen molar-refractivity contribution >= 4 is 29.7 Å². The molecule has 248 valence electrons. The smallest absolute Gasteiger partial charge is 0.0140 e. The molecule has 2 aliphatic rings. The summed E-state index contributed by atoms with van der Waals surface area (Å²) in [4.78, 5) is 4.06. The van der Waals surface area contributed by atoms with Gasteiger partial charge in [-0.1, -0.05) is 68.3 Å². The number of quaternary nitrogens is 1. The number of halogens is 3. The van der Waals surface area contributed by atoms with Crippen molar-refractivity contribution in [2.24, 2.45) is 0 Å². The van der Waals surface area contributed by atoms with Crippen LogP contribution in [0.15, 0.2) is 97.1 Å². The van der Waals surface area contributed by atoms with Crippen molar-refractivity contribution in [2.45, 2.75) is 83.8 Å². The summed E-state index contributed by atoms with van der Waals surface area (Å²) >= 11 is -1.77. The number of nitrogens with zero attached hydrogens (tertiary/aromatic N) is 1. The van der Waals surface area contributed by atoms with Crippen LogP contribution in [0.1, 0.15) is 85.4 Å². The monoisotopic (exact) mass is 855 g/mol. The minimum atomic E-state index is -1.77. The summed E-state index contributed by atoms with van der Waals surface area (Å²) in [6, 6.07) is 34.8. The molecule has 0 aromatic heterocycles. The van der Waals surface area contributed by atoms with Gasteiger partial charge in [0.2, 0.25) is 0 Å². The van der Waals surface area contributed by atoms with E-state index in [-0.39, 0.29) is 34.9 Å². The van der Waals surface area contributed by atoms with Gasteiger partial charge in [0.15, 0.2) is 0 Å². The number of benzene rings is 4. The molecule has 2 unspecified atom stereocenters. The Morgan fingerprint density at radius 2 is 1.57 bits per heavy atom. The minimum Gasteiger partial charge on any atom is -1.00 e. The van der Waals surface area contributed by atoms with Gasteiger partial charge < -0.3 is 28.9 Å². The van der Waals surface area contributed by atoms with Crippen LogP contribution in [-0.4, -0.2) is 17.2 Å². The van der Waals surface area contributed by atoms with E-state index in [9.17, 15) is 0 Å². The zero-order valence-corrected chi connectivity index (χ0v) is 33.3. The van der Waals surface area contributed by atoms with Gasteiger partial charge in [-0.05, 0) is 56.2 Å². The number of hydrogen-bond donors (Lipinski definition) is 1. The van der Waals surface area contributed by atoms with E-state index >= 15 is 0 Å². The molecule has 1 heterocycles. The molecule has 1 spiro atoms. The van der Waals surface area contributed by atoms with Gasteiger partial charge in [0.05, 0.1) is 0 Å². The van der Waals surface area contributed by atoms with Crippen molar-refractivity contribution in [3.8, 4) is 0 Å². The fourth-order valence-corrected chi connectivity index (χ4v) is 9.29. The van der Waals surface area contributed by atoms with Gasteiger partial charge in [0.1, 0.15) is 0 Å². The predicted octanol–water partition coefficient (Wildman–Crippen LogP) is 6.13. The van der Waals surface area contributed by atoms with Gasteiger partial charge in [-0.3, -0.25) is 0 Å². The quantitative estimate of drug-likeness (QED) is 0.134. The summed E-state index contributed by atoms with van der Waals surface area (Å²) in [7, 11) is 14.2. The zero-order chi connectivity index (χ0) is 32.2. The second kappa shape index (κ2) is 16.2. The van der Waals surface area contributed by atoms with Crippen LogP contribution >= 0.6 is 19.4 Å². The van der Waals surface area contributed by atoms with Gasteiger partial charge >= 0.3 is 134 Å². The first-order chi connectivity index (χ1) is 21.5. The summed E-state index contributed by atoms with van der Waals surface area (Å²) in [5.74, 6) is 0.534. The number of nitrogens with one attached hydrogen (secondary N) is 1. The van der Waals surface area contributed by atoms with Crippen molar-refractivity contribution in [3.63, 3.8) is 0 Å². The minimum absolute atomic E-state index is 0. The van der Waals surface area contributed by atoms with E-state index in [1.807, 2.05) is 10.7 Å². The van der Waals surface area contributed by atoms with E-state index in [0.717, 1.165) is 13.1 Å². The predicted molar refractivity (Wildman–Crippen MR) is 191 cm³/mol. The Kier molecular flexibility index (Phi) is 13.1. The molecule has 1 fully saturated rings. The SMILES string of the molecule is C[NH+](Cc1ccccc1)Cc1ccccc1[CH]=[Ru]([Cl])[Cl].Cc1cccc(C(C)C)c1N1[CH-]C2(CCc3ccccc32)CC1(C)C.[I-]. The van der Waals surface area contributed by atoms with Crippen molar-refractivity contribution in [1.29, 1.82) is 0 Å². The van der Waals surface area contributed by atoms with Crippen molar-refractivity contribution in [3.05, 3.63) is 143 Å². The molecule has 1 N–H and O–H groups in total. The van der Waals surface area contributed by atoms with E-state index in [0.29, 0.717) is 5.92 Å². The summed E-state index contributed by atoms with van der Waals surface area (Å²) < 4.78 is 2.03. The van der Waals surface area contributed by atoms with Gasteiger partial charge in [-0.15, -0.1) is 5.41 Å². The molecule has 6 rings (SSSR count). The fourth-order valence-electron chi connectivity index (χ4n) is 7.41. The van der Waals surface area contributed by atoms with E-state index in [2.05, 4.69) is 144 Å². The average Bonchev–Trinajstić information content (AvgIpc) is 3.49. The molecule has 2 nitrogen and oxygen atoms in total. The Bertz CT molecular complexity index is 1630. The standard InChI is InChI=1S/C24H30N.C16H17N.2ClH.HI.Ru/c1-17(2)20-11-8-9-18(3)22(20)25-16-24(15-23(25,4)5)14-13-19-10-6-7-12-21(19)24;1-14-8-6-7-11-16(14)13-17(2)12-15-9-4-3-5-10-15;;;;/h6-12,16-17H,13-15H2,1-5H3;1,3-11H,12-13H2,2H3;3*1H;/q-1;;;;;+2/p-2. The molecule has 0 bridgehead atoms. The van der Waals surface area contributed by atoms with E-state index in [1.165, 1.54) is 57.7 Å². The number of hydrogen-bond acceptors (Lipinski definition) is 1. The third-order valence-electron chi connectivity index (χ3n) is 9.39. The van der Waals surface area contributed by atoms with E-state index in [1.54, 1.807) is 11.1 Å². The van der Waals surface area contributed by atoms with Crippen LogP contribution in [0.3, 0.4) is 0 Å². The van der Waals surface area contributed by atoms with Crippen molar-refractivity contribution in [2.75, 3.05) is 11.9 Å². The molecular formula is C40H48Cl2IN2Ru-. The molecular weight excluding hydrogens is 807 g/mol. The van der Waals surface area contributed by atoms with E-state index < -0.39 is 13.5 Å². The molecule has 1 aliphatic carbocycles. The normalized spacial score (nSPS) is 18.8. The summed E-state index contributed by atoms with van der Waals surface area (Å²) in [5.41, 5.74) is 11.6. The first kappa shape index (κ1) is 37.3. The molecule has 6 heteroatoms. The Balaban J connectivity index is 0.000000210. The van der Waals surface area contributed by atoms with Crippen LogP contribution < -0.4 is 33.8 Å². The van der Waals surface area contributed by atoms with Crippen molar-refractivity contribution < 1.29 is 42.4 Å². The Hall–Kier alpha value is -1.56. The number of rotatable bonds is 7. The van der Waals surface area contributed by atoms with Crippen LogP contribution in [0, 0.1) is 13.5 Å². The number of para-hydroxylation sites is 1. The van der Waals surface area contributed by atoms with Gasteiger partial charge in [0, 0.05) is 11.2 Å². The van der Waals surface area contributed by atoms with Crippen LogP contribution in [0.5, 0.6) is 0 Å². The van der Waals surface area contributed by atoms with Gasteiger partial charge in [-0.2, -0.15) is 0 Å². The molecule has 0 amide bonds. The molecule has 0 radical (unpaired) electrons. The molecule has 1 saturated heterocycles. The number of aryl methyl sites for hydroxylation is 2. The summed E-state index contributed by atoms with van der Waals surface area (Å²) in [5, 5.41) is 0. The van der Waals surface area contributed by atoms with Crippen LogP contribution in [0.2, 0.25) is 0 Å². The molecule has 0 saturated carbocycles. The fraction of sp³-hybridized carbons (Fsp3) is 0.350. The third-order valence-corrected chi connectivity index (χ3v) is 11.2. The van der Waals surface area contributed by atoms with E-state index in [4.69, 9.17) is 19.4 Å².